The Hall–Kier alpha value is -0.240. The Kier molecular flexibility index (Phi) is 31.4. The predicted octanol–water partition coefficient (Wildman–Crippen LogP) is 10.5. The zero-order valence-corrected chi connectivity index (χ0v) is 32.4. The molecule has 6 aliphatic rings. The Morgan fingerprint density at radius 3 is 0.979 bits per heavy atom. The highest BCUT2D eigenvalue weighted by molar-refractivity contribution is 4.63. The Labute approximate surface area is 293 Å². The third-order valence-electron chi connectivity index (χ3n) is 10.9. The minimum atomic E-state index is 0.854. The first-order chi connectivity index (χ1) is 23.1. The second-order valence-corrected chi connectivity index (χ2v) is 14.6. The van der Waals surface area contributed by atoms with E-state index in [1.54, 1.807) is 0 Å². The van der Waals surface area contributed by atoms with Crippen LogP contribution in [0.3, 0.4) is 0 Å². The first-order valence-electron chi connectivity index (χ1n) is 20.6. The molecule has 0 amide bonds. The lowest BCUT2D eigenvalue weighted by molar-refractivity contribution is -0.0331. The van der Waals surface area contributed by atoms with E-state index in [1.165, 1.54) is 109 Å². The van der Waals surface area contributed by atoms with Crippen LogP contribution in [0.1, 0.15) is 151 Å². The smallest absolute Gasteiger partial charge is 0.0516 e. The summed E-state index contributed by atoms with van der Waals surface area (Å²) in [5.41, 5.74) is 0. The van der Waals surface area contributed by atoms with Gasteiger partial charge in [-0.25, -0.2) is 0 Å². The van der Waals surface area contributed by atoms with Crippen LogP contribution >= 0.6 is 0 Å². The standard InChI is InChI=1S/2C8H16O.2C7H14O.C6H12O.C5H10O/c1-2-8-4-3-6-9-7-5-8;1-2-8-5-3-4-6-9-7-8;1-2-7-3-5-8-6-4-7;1-2-7-4-3-5-8-6-7;1-2-6-3-4-7-5-6;1-2-5-3-6-4-5/h2*8H,2-7H2,1H3;2*7H,2-6H2,1H3;6H,2-5H2,1H3;5H,2-4H2,1H3. The van der Waals surface area contributed by atoms with Gasteiger partial charge in [0.25, 0.3) is 0 Å². The van der Waals surface area contributed by atoms with Crippen molar-refractivity contribution in [2.45, 2.75) is 151 Å². The third-order valence-corrected chi connectivity index (χ3v) is 10.9. The van der Waals surface area contributed by atoms with Crippen molar-refractivity contribution in [1.82, 2.24) is 0 Å². The maximum Gasteiger partial charge on any atom is 0.0516 e. The summed E-state index contributed by atoms with van der Waals surface area (Å²) in [7, 11) is 0. The maximum atomic E-state index is 5.40. The molecule has 0 bridgehead atoms. The Morgan fingerprint density at radius 1 is 0.277 bits per heavy atom. The van der Waals surface area contributed by atoms with Crippen molar-refractivity contribution in [3.8, 4) is 0 Å². The summed E-state index contributed by atoms with van der Waals surface area (Å²) in [5, 5.41) is 0. The van der Waals surface area contributed by atoms with E-state index in [4.69, 9.17) is 28.4 Å². The van der Waals surface area contributed by atoms with E-state index >= 15 is 0 Å². The Bertz CT molecular complexity index is 554. The minimum Gasteiger partial charge on any atom is -0.381 e. The van der Waals surface area contributed by atoms with Gasteiger partial charge >= 0.3 is 0 Å². The van der Waals surface area contributed by atoms with Gasteiger partial charge in [0.05, 0.1) is 13.2 Å². The fourth-order valence-electron chi connectivity index (χ4n) is 6.38. The van der Waals surface area contributed by atoms with Crippen molar-refractivity contribution in [1.29, 1.82) is 0 Å². The van der Waals surface area contributed by atoms with Crippen LogP contribution in [0.5, 0.6) is 0 Å². The van der Waals surface area contributed by atoms with Gasteiger partial charge in [-0.15, -0.1) is 0 Å². The van der Waals surface area contributed by atoms with E-state index in [9.17, 15) is 0 Å². The summed E-state index contributed by atoms with van der Waals surface area (Å²) < 4.78 is 31.3. The fraction of sp³-hybridized carbons (Fsp3) is 1.00. The van der Waals surface area contributed by atoms with Crippen molar-refractivity contribution >= 4 is 0 Å². The van der Waals surface area contributed by atoms with E-state index in [1.807, 2.05) is 0 Å². The topological polar surface area (TPSA) is 55.4 Å². The molecular weight excluding hydrogens is 588 g/mol. The molecule has 6 heteroatoms. The largest absolute Gasteiger partial charge is 0.381 e. The molecule has 0 aromatic carbocycles. The molecule has 4 atom stereocenters. The molecule has 47 heavy (non-hydrogen) atoms. The molecule has 6 rings (SSSR count). The average Bonchev–Trinajstić information content (AvgIpc) is 3.32. The molecule has 0 saturated carbocycles. The molecule has 282 valence electrons. The highest BCUT2D eigenvalue weighted by Crippen LogP contribution is 2.19. The van der Waals surface area contributed by atoms with Crippen LogP contribution in [-0.2, 0) is 28.4 Å². The van der Waals surface area contributed by atoms with Gasteiger partial charge in [0.1, 0.15) is 0 Å². The lowest BCUT2D eigenvalue weighted by atomic mass is 9.98. The van der Waals surface area contributed by atoms with Gasteiger partial charge < -0.3 is 28.4 Å². The van der Waals surface area contributed by atoms with Gasteiger partial charge in [0.2, 0.25) is 0 Å². The molecule has 6 saturated heterocycles. The van der Waals surface area contributed by atoms with Crippen LogP contribution in [0.25, 0.3) is 0 Å². The second-order valence-electron chi connectivity index (χ2n) is 14.6. The van der Waals surface area contributed by atoms with Crippen molar-refractivity contribution in [2.75, 3.05) is 79.3 Å². The van der Waals surface area contributed by atoms with E-state index < -0.39 is 0 Å². The molecule has 6 fully saturated rings. The maximum absolute atomic E-state index is 5.40. The monoisotopic (exact) mass is 671 g/mol. The zero-order chi connectivity index (χ0) is 34.2. The summed E-state index contributed by atoms with van der Waals surface area (Å²) in [4.78, 5) is 0. The molecule has 0 N–H and O–H groups in total. The third kappa shape index (κ3) is 25.4. The molecule has 0 aromatic heterocycles. The van der Waals surface area contributed by atoms with Gasteiger partial charge in [-0.2, -0.15) is 0 Å². The minimum absolute atomic E-state index is 0.854. The quantitative estimate of drug-likeness (QED) is 0.280. The summed E-state index contributed by atoms with van der Waals surface area (Å²) >= 11 is 0. The molecule has 4 unspecified atom stereocenters. The first-order valence-corrected chi connectivity index (χ1v) is 20.6. The van der Waals surface area contributed by atoms with E-state index in [2.05, 4.69) is 41.5 Å². The highest BCUT2D eigenvalue weighted by atomic mass is 16.5. The molecule has 6 aliphatic heterocycles. The van der Waals surface area contributed by atoms with Gasteiger partial charge in [0, 0.05) is 72.0 Å². The second kappa shape index (κ2) is 32.9. The summed E-state index contributed by atoms with van der Waals surface area (Å²) in [5.74, 6) is 5.40. The van der Waals surface area contributed by atoms with Crippen LogP contribution in [0.15, 0.2) is 0 Å². The van der Waals surface area contributed by atoms with Crippen molar-refractivity contribution in [3.63, 3.8) is 0 Å². The van der Waals surface area contributed by atoms with Crippen molar-refractivity contribution in [2.24, 2.45) is 35.5 Å². The van der Waals surface area contributed by atoms with Crippen LogP contribution < -0.4 is 0 Å². The average molecular weight is 671 g/mol. The lowest BCUT2D eigenvalue weighted by Crippen LogP contribution is -2.26. The van der Waals surface area contributed by atoms with Crippen LogP contribution in [0.2, 0.25) is 0 Å². The highest BCUT2D eigenvalue weighted by Gasteiger charge is 2.15. The summed E-state index contributed by atoms with van der Waals surface area (Å²) in [6.45, 7) is 25.5. The lowest BCUT2D eigenvalue weighted by Gasteiger charge is -2.23. The number of hydrogen-bond donors (Lipinski definition) is 0. The molecule has 0 spiro atoms. The molecular formula is C41H82O6. The van der Waals surface area contributed by atoms with Gasteiger partial charge in [-0.3, -0.25) is 0 Å². The predicted molar refractivity (Wildman–Crippen MR) is 198 cm³/mol. The molecule has 0 radical (unpaired) electrons. The molecule has 0 aromatic rings. The van der Waals surface area contributed by atoms with Crippen LogP contribution in [0, 0.1) is 35.5 Å². The number of ether oxygens (including phenoxy) is 6. The molecule has 0 aliphatic carbocycles. The van der Waals surface area contributed by atoms with Crippen LogP contribution in [-0.4, -0.2) is 79.3 Å². The van der Waals surface area contributed by atoms with Crippen molar-refractivity contribution in [3.05, 3.63) is 0 Å². The summed E-state index contributed by atoms with van der Waals surface area (Å²) in [6, 6.07) is 0. The zero-order valence-electron chi connectivity index (χ0n) is 32.4. The van der Waals surface area contributed by atoms with Gasteiger partial charge in [-0.1, -0.05) is 80.1 Å². The van der Waals surface area contributed by atoms with Crippen molar-refractivity contribution < 1.29 is 28.4 Å². The molecule has 6 nitrogen and oxygen atoms in total. The Balaban J connectivity index is 0.000000283. The SMILES string of the molecule is CCC1CCCCOC1.CCC1CCCOC1.CCC1CCCOCC1.CCC1CCOC1.CCC1CCOCC1.CCC1COC1. The Morgan fingerprint density at radius 2 is 0.596 bits per heavy atom. The number of hydrogen-bond acceptors (Lipinski definition) is 6. The van der Waals surface area contributed by atoms with Gasteiger partial charge in [-0.05, 0) is 100 Å². The van der Waals surface area contributed by atoms with E-state index in [0.717, 1.165) is 115 Å². The van der Waals surface area contributed by atoms with Gasteiger partial charge in [0.15, 0.2) is 0 Å². The summed E-state index contributed by atoms with van der Waals surface area (Å²) in [6.07, 6.45) is 22.3. The number of rotatable bonds is 6. The fourth-order valence-corrected chi connectivity index (χ4v) is 6.38. The van der Waals surface area contributed by atoms with E-state index in [0.29, 0.717) is 0 Å². The van der Waals surface area contributed by atoms with E-state index in [-0.39, 0.29) is 0 Å². The molecule has 6 heterocycles. The normalized spacial score (nSPS) is 28.2. The van der Waals surface area contributed by atoms with Crippen LogP contribution in [0.4, 0.5) is 0 Å². The first kappa shape index (κ1) is 44.8.